The summed E-state index contributed by atoms with van der Waals surface area (Å²) < 4.78 is 10.5. The molecule has 0 aliphatic rings. The molecule has 2 aromatic carbocycles. The van der Waals surface area contributed by atoms with Gasteiger partial charge in [-0.2, -0.15) is 0 Å². The van der Waals surface area contributed by atoms with Gasteiger partial charge in [0, 0.05) is 5.69 Å². The third-order valence-corrected chi connectivity index (χ3v) is 3.56. The number of amides is 1. The topological polar surface area (TPSA) is 64.6 Å². The fraction of sp³-hybridized carbons (Fsp3) is 0.263. The molecule has 0 saturated heterocycles. The minimum Gasteiger partial charge on any atom is -0.483 e. The van der Waals surface area contributed by atoms with Crippen molar-refractivity contribution >= 4 is 17.6 Å². The molecule has 0 atom stereocenters. The van der Waals surface area contributed by atoms with Gasteiger partial charge >= 0.3 is 5.97 Å². The van der Waals surface area contributed by atoms with E-state index in [-0.39, 0.29) is 12.5 Å². The van der Waals surface area contributed by atoms with Crippen molar-refractivity contribution in [3.8, 4) is 5.75 Å². The van der Waals surface area contributed by atoms with Crippen LogP contribution in [0.3, 0.4) is 0 Å². The number of anilines is 1. The highest BCUT2D eigenvalue weighted by atomic mass is 16.5. The lowest BCUT2D eigenvalue weighted by Crippen LogP contribution is -2.21. The van der Waals surface area contributed by atoms with E-state index in [9.17, 15) is 9.59 Å². The lowest BCUT2D eigenvalue weighted by Gasteiger charge is -2.13. The Morgan fingerprint density at radius 3 is 2.50 bits per heavy atom. The van der Waals surface area contributed by atoms with Gasteiger partial charge < -0.3 is 14.8 Å². The Morgan fingerprint density at radius 1 is 1.04 bits per heavy atom. The van der Waals surface area contributed by atoms with Crippen molar-refractivity contribution < 1.29 is 19.1 Å². The Bertz CT molecular complexity index is 740. The molecule has 2 aromatic rings. The molecule has 0 aliphatic carbocycles. The van der Waals surface area contributed by atoms with Crippen LogP contribution in [0.15, 0.2) is 42.5 Å². The van der Waals surface area contributed by atoms with Crippen molar-refractivity contribution in [2.24, 2.45) is 0 Å². The van der Waals surface area contributed by atoms with Gasteiger partial charge in [0.05, 0.1) is 12.2 Å². The molecular weight excluding hydrogens is 306 g/mol. The molecule has 0 aromatic heterocycles. The predicted octanol–water partition coefficient (Wildman–Crippen LogP) is 3.50. The molecular formula is C19H21NO4. The zero-order chi connectivity index (χ0) is 17.5. The van der Waals surface area contributed by atoms with E-state index >= 15 is 0 Å². The molecule has 5 nitrogen and oxygen atoms in total. The number of hydrogen-bond donors (Lipinski definition) is 1. The predicted molar refractivity (Wildman–Crippen MR) is 92.4 cm³/mol. The van der Waals surface area contributed by atoms with E-state index in [1.54, 1.807) is 32.0 Å². The van der Waals surface area contributed by atoms with Crippen LogP contribution in [0.25, 0.3) is 0 Å². The first-order chi connectivity index (χ1) is 11.5. The number of aryl methyl sites for hydroxylation is 1. The highest BCUT2D eigenvalue weighted by Gasteiger charge is 2.14. The van der Waals surface area contributed by atoms with E-state index in [1.807, 2.05) is 31.2 Å². The summed E-state index contributed by atoms with van der Waals surface area (Å²) in [5.41, 5.74) is 2.64. The van der Waals surface area contributed by atoms with Crippen LogP contribution in [0.5, 0.6) is 5.75 Å². The third kappa shape index (κ3) is 4.35. The number of esters is 1. The summed E-state index contributed by atoms with van der Waals surface area (Å²) in [5.74, 6) is -0.0192. The quantitative estimate of drug-likeness (QED) is 0.825. The number of nitrogens with one attached hydrogen (secondary N) is 1. The fourth-order valence-corrected chi connectivity index (χ4v) is 2.25. The molecule has 5 heteroatoms. The van der Waals surface area contributed by atoms with Crippen LogP contribution >= 0.6 is 0 Å². The molecule has 24 heavy (non-hydrogen) atoms. The first-order valence-electron chi connectivity index (χ1n) is 7.78. The molecule has 0 aliphatic heterocycles. The number of rotatable bonds is 6. The van der Waals surface area contributed by atoms with Crippen LogP contribution in [0, 0.1) is 13.8 Å². The Morgan fingerprint density at radius 2 is 1.79 bits per heavy atom. The number of benzene rings is 2. The Balaban J connectivity index is 2.03. The van der Waals surface area contributed by atoms with Gasteiger partial charge in [0.15, 0.2) is 6.61 Å². The number of carbonyl (C=O) groups is 2. The zero-order valence-corrected chi connectivity index (χ0v) is 14.1. The van der Waals surface area contributed by atoms with E-state index in [0.29, 0.717) is 29.2 Å². The van der Waals surface area contributed by atoms with E-state index in [4.69, 9.17) is 9.47 Å². The maximum atomic E-state index is 12.1. The monoisotopic (exact) mass is 327 g/mol. The molecule has 1 N–H and O–H groups in total. The summed E-state index contributed by atoms with van der Waals surface area (Å²) in [6, 6.07) is 12.6. The Kier molecular flexibility index (Phi) is 5.95. The highest BCUT2D eigenvalue weighted by Crippen LogP contribution is 2.20. The van der Waals surface area contributed by atoms with Crippen molar-refractivity contribution in [2.45, 2.75) is 20.8 Å². The van der Waals surface area contributed by atoms with Crippen molar-refractivity contribution in [1.29, 1.82) is 0 Å². The van der Waals surface area contributed by atoms with Crippen molar-refractivity contribution in [3.05, 3.63) is 59.2 Å². The van der Waals surface area contributed by atoms with Gasteiger partial charge in [0.2, 0.25) is 0 Å². The lowest BCUT2D eigenvalue weighted by molar-refractivity contribution is -0.118. The fourth-order valence-electron chi connectivity index (χ4n) is 2.25. The second-order valence-electron chi connectivity index (χ2n) is 5.30. The van der Waals surface area contributed by atoms with Crippen LogP contribution in [0.1, 0.15) is 28.4 Å². The summed E-state index contributed by atoms with van der Waals surface area (Å²) >= 11 is 0. The van der Waals surface area contributed by atoms with Crippen LogP contribution in [-0.2, 0) is 9.53 Å². The molecule has 0 fully saturated rings. The Labute approximate surface area is 141 Å². The van der Waals surface area contributed by atoms with Crippen LogP contribution in [0.4, 0.5) is 5.69 Å². The van der Waals surface area contributed by atoms with E-state index in [1.165, 1.54) is 0 Å². The van der Waals surface area contributed by atoms with Gasteiger partial charge in [0.1, 0.15) is 5.75 Å². The largest absolute Gasteiger partial charge is 0.483 e. The van der Waals surface area contributed by atoms with Gasteiger partial charge in [-0.3, -0.25) is 4.79 Å². The number of carbonyl (C=O) groups excluding carboxylic acids is 2. The van der Waals surface area contributed by atoms with E-state index < -0.39 is 5.97 Å². The summed E-state index contributed by atoms with van der Waals surface area (Å²) in [6.45, 7) is 5.64. The van der Waals surface area contributed by atoms with E-state index in [0.717, 1.165) is 5.56 Å². The van der Waals surface area contributed by atoms with Gasteiger partial charge in [-0.15, -0.1) is 0 Å². The molecule has 1 amide bonds. The number of hydrogen-bond acceptors (Lipinski definition) is 4. The summed E-state index contributed by atoms with van der Waals surface area (Å²) in [4.78, 5) is 24.0. The molecule has 0 bridgehead atoms. The number of ether oxygens (including phenoxy) is 2. The van der Waals surface area contributed by atoms with Gasteiger partial charge in [0.25, 0.3) is 5.91 Å². The van der Waals surface area contributed by atoms with Gasteiger partial charge in [-0.05, 0) is 50.1 Å². The second kappa shape index (κ2) is 8.15. The average Bonchev–Trinajstić information content (AvgIpc) is 2.56. The zero-order valence-electron chi connectivity index (χ0n) is 14.1. The standard InChI is InChI=1S/C19H21NO4/c1-4-23-19(22)15-9-7-10-16(14(15)3)20-18(21)12-24-17-11-6-5-8-13(17)2/h5-11H,4,12H2,1-3H3,(H,20,21). The van der Waals surface area contributed by atoms with Crippen molar-refractivity contribution in [3.63, 3.8) is 0 Å². The summed E-state index contributed by atoms with van der Waals surface area (Å²) in [5, 5.41) is 2.77. The second-order valence-corrected chi connectivity index (χ2v) is 5.30. The first-order valence-corrected chi connectivity index (χ1v) is 7.78. The maximum Gasteiger partial charge on any atom is 0.338 e. The van der Waals surface area contributed by atoms with Gasteiger partial charge in [-0.25, -0.2) is 4.79 Å². The highest BCUT2D eigenvalue weighted by molar-refractivity contribution is 5.97. The van der Waals surface area contributed by atoms with Crippen LogP contribution in [-0.4, -0.2) is 25.1 Å². The van der Waals surface area contributed by atoms with Gasteiger partial charge in [-0.1, -0.05) is 24.3 Å². The molecule has 126 valence electrons. The molecule has 0 spiro atoms. The molecule has 2 rings (SSSR count). The van der Waals surface area contributed by atoms with E-state index in [2.05, 4.69) is 5.32 Å². The summed E-state index contributed by atoms with van der Waals surface area (Å²) in [7, 11) is 0. The number of para-hydroxylation sites is 1. The SMILES string of the molecule is CCOC(=O)c1cccc(NC(=O)COc2ccccc2C)c1C. The minimum absolute atomic E-state index is 0.103. The Hall–Kier alpha value is -2.82. The molecule has 0 saturated carbocycles. The molecule has 0 unspecified atom stereocenters. The van der Waals surface area contributed by atoms with Crippen molar-refractivity contribution in [1.82, 2.24) is 0 Å². The average molecular weight is 327 g/mol. The molecule has 0 radical (unpaired) electrons. The molecule has 0 heterocycles. The summed E-state index contributed by atoms with van der Waals surface area (Å²) in [6.07, 6.45) is 0. The normalized spacial score (nSPS) is 10.1. The third-order valence-electron chi connectivity index (χ3n) is 3.56. The van der Waals surface area contributed by atoms with Crippen LogP contribution < -0.4 is 10.1 Å². The minimum atomic E-state index is -0.401. The first kappa shape index (κ1) is 17.5. The van der Waals surface area contributed by atoms with Crippen LogP contribution in [0.2, 0.25) is 0 Å². The maximum absolute atomic E-state index is 12.1. The lowest BCUT2D eigenvalue weighted by atomic mass is 10.1. The van der Waals surface area contributed by atoms with Crippen molar-refractivity contribution in [2.75, 3.05) is 18.5 Å². The smallest absolute Gasteiger partial charge is 0.338 e.